The third-order valence-corrected chi connectivity index (χ3v) is 3.81. The quantitative estimate of drug-likeness (QED) is 0.629. The van der Waals surface area contributed by atoms with Crippen LogP contribution in [0.3, 0.4) is 0 Å². The van der Waals surface area contributed by atoms with Gasteiger partial charge in [-0.1, -0.05) is 11.6 Å². The maximum atomic E-state index is 13.2. The average Bonchev–Trinajstić information content (AvgIpc) is 2.40. The molecule has 0 bridgehead atoms. The number of benzene rings is 1. The first kappa shape index (κ1) is 17.0. The van der Waals surface area contributed by atoms with E-state index in [9.17, 15) is 26.7 Å². The van der Waals surface area contributed by atoms with Crippen molar-refractivity contribution in [3.05, 3.63) is 34.4 Å². The molecular formula is C13H12ClF5N2O. The molecule has 122 valence electrons. The van der Waals surface area contributed by atoms with Crippen LogP contribution in [0, 0.1) is 11.6 Å². The van der Waals surface area contributed by atoms with Crippen molar-refractivity contribution in [3.63, 3.8) is 0 Å². The Labute approximate surface area is 127 Å². The summed E-state index contributed by atoms with van der Waals surface area (Å²) in [5.74, 6) is -3.77. The van der Waals surface area contributed by atoms with E-state index in [2.05, 4.69) is 0 Å². The van der Waals surface area contributed by atoms with Gasteiger partial charge < -0.3 is 10.6 Å². The van der Waals surface area contributed by atoms with Crippen molar-refractivity contribution >= 4 is 17.5 Å². The summed E-state index contributed by atoms with van der Waals surface area (Å²) in [5, 5.41) is -0.455. The maximum Gasteiger partial charge on any atom is 0.408 e. The summed E-state index contributed by atoms with van der Waals surface area (Å²) >= 11 is 5.65. The van der Waals surface area contributed by atoms with Gasteiger partial charge in [-0.05, 0) is 25.0 Å². The normalized spacial score (nSPS) is 22.8. The van der Waals surface area contributed by atoms with E-state index in [-0.39, 0.29) is 19.4 Å². The first-order valence-electron chi connectivity index (χ1n) is 6.39. The second-order valence-electron chi connectivity index (χ2n) is 5.10. The zero-order valence-corrected chi connectivity index (χ0v) is 11.9. The Kier molecular flexibility index (Phi) is 4.62. The first-order chi connectivity index (χ1) is 10.1. The molecule has 1 aliphatic rings. The predicted molar refractivity (Wildman–Crippen MR) is 69.5 cm³/mol. The molecule has 1 aromatic carbocycles. The molecule has 0 unspecified atom stereocenters. The first-order valence-corrected chi connectivity index (χ1v) is 6.77. The highest BCUT2D eigenvalue weighted by Crippen LogP contribution is 2.33. The smallest absolute Gasteiger partial charge is 0.326 e. The van der Waals surface area contributed by atoms with Gasteiger partial charge >= 0.3 is 6.18 Å². The molecule has 0 aliphatic carbocycles. The highest BCUT2D eigenvalue weighted by Gasteiger charge is 2.48. The summed E-state index contributed by atoms with van der Waals surface area (Å²) in [6.45, 7) is -0.335. The van der Waals surface area contributed by atoms with E-state index in [0.29, 0.717) is 17.0 Å². The Morgan fingerprint density at radius 2 is 1.82 bits per heavy atom. The van der Waals surface area contributed by atoms with Crippen LogP contribution in [0.15, 0.2) is 12.1 Å². The summed E-state index contributed by atoms with van der Waals surface area (Å²) in [6, 6.07) is -1.60. The molecule has 2 rings (SSSR count). The number of hydrogen-bond donors (Lipinski definition) is 1. The topological polar surface area (TPSA) is 46.3 Å². The van der Waals surface area contributed by atoms with Gasteiger partial charge in [-0.25, -0.2) is 8.78 Å². The molecule has 1 saturated heterocycles. The Morgan fingerprint density at radius 1 is 1.23 bits per heavy atom. The Hall–Kier alpha value is -1.41. The summed E-state index contributed by atoms with van der Waals surface area (Å²) < 4.78 is 65.4. The van der Waals surface area contributed by atoms with E-state index in [1.165, 1.54) is 0 Å². The second kappa shape index (κ2) is 6.00. The number of amides is 1. The van der Waals surface area contributed by atoms with E-state index in [4.69, 9.17) is 17.3 Å². The molecule has 2 N–H and O–H groups in total. The number of likely N-dealkylation sites (tertiary alicyclic amines) is 1. The molecule has 9 heteroatoms. The number of hydrogen-bond acceptors (Lipinski definition) is 2. The highest BCUT2D eigenvalue weighted by molar-refractivity contribution is 6.33. The molecule has 0 spiro atoms. The molecule has 0 radical (unpaired) electrons. The minimum atomic E-state index is -4.64. The number of nitrogens with zero attached hydrogens (tertiary/aromatic N) is 1. The van der Waals surface area contributed by atoms with Gasteiger partial charge in [-0.3, -0.25) is 4.79 Å². The van der Waals surface area contributed by atoms with Gasteiger partial charge in [0.15, 0.2) is 11.6 Å². The van der Waals surface area contributed by atoms with Gasteiger partial charge in [0.25, 0.3) is 5.91 Å². The fourth-order valence-electron chi connectivity index (χ4n) is 2.40. The molecule has 1 heterocycles. The number of carbonyl (C=O) groups is 1. The van der Waals surface area contributed by atoms with Crippen LogP contribution in [-0.2, 0) is 0 Å². The van der Waals surface area contributed by atoms with E-state index in [1.54, 1.807) is 0 Å². The zero-order valence-electron chi connectivity index (χ0n) is 11.1. The monoisotopic (exact) mass is 342 g/mol. The molecule has 0 saturated carbocycles. The van der Waals surface area contributed by atoms with Gasteiger partial charge in [0.1, 0.15) is 6.04 Å². The summed E-state index contributed by atoms with van der Waals surface area (Å²) in [5.41, 5.74) is 5.09. The van der Waals surface area contributed by atoms with Gasteiger partial charge in [0.2, 0.25) is 0 Å². The lowest BCUT2D eigenvalue weighted by Crippen LogP contribution is -2.56. The Balaban J connectivity index is 2.39. The van der Waals surface area contributed by atoms with Crippen LogP contribution in [0.25, 0.3) is 0 Å². The van der Waals surface area contributed by atoms with Crippen LogP contribution in [-0.4, -0.2) is 35.6 Å². The SMILES string of the molecule is N[C@@H]1CC[C@H](C(F)(F)F)N(C(=O)c2cc(F)c(F)cc2Cl)C1. The van der Waals surface area contributed by atoms with Crippen LogP contribution < -0.4 is 5.73 Å². The zero-order chi connectivity index (χ0) is 16.7. The van der Waals surface area contributed by atoms with E-state index >= 15 is 0 Å². The van der Waals surface area contributed by atoms with Gasteiger partial charge in [0.05, 0.1) is 10.6 Å². The van der Waals surface area contributed by atoms with Crippen molar-refractivity contribution in [1.82, 2.24) is 4.90 Å². The fourth-order valence-corrected chi connectivity index (χ4v) is 2.64. The lowest BCUT2D eigenvalue weighted by Gasteiger charge is -2.39. The van der Waals surface area contributed by atoms with E-state index in [0.717, 1.165) is 0 Å². The van der Waals surface area contributed by atoms with Crippen molar-refractivity contribution < 1.29 is 26.7 Å². The van der Waals surface area contributed by atoms with Gasteiger partial charge in [-0.15, -0.1) is 0 Å². The standard InChI is InChI=1S/C13H12ClF5N2O/c14-8-4-10(16)9(15)3-7(8)12(22)21-5-6(20)1-2-11(21)13(17,18)19/h3-4,6,11H,1-2,5,20H2/t6-,11-/m1/s1. The highest BCUT2D eigenvalue weighted by atomic mass is 35.5. The average molecular weight is 343 g/mol. The van der Waals surface area contributed by atoms with Gasteiger partial charge in [-0.2, -0.15) is 13.2 Å². The third kappa shape index (κ3) is 3.33. The molecular weight excluding hydrogens is 331 g/mol. The molecule has 3 nitrogen and oxygen atoms in total. The molecule has 1 aliphatic heterocycles. The lowest BCUT2D eigenvalue weighted by atomic mass is 9.97. The molecule has 1 fully saturated rings. The van der Waals surface area contributed by atoms with E-state index in [1.807, 2.05) is 0 Å². The summed E-state index contributed by atoms with van der Waals surface area (Å²) in [7, 11) is 0. The Bertz CT molecular complexity index is 593. The van der Waals surface area contributed by atoms with Crippen molar-refractivity contribution in [3.8, 4) is 0 Å². The largest absolute Gasteiger partial charge is 0.408 e. The predicted octanol–water partition coefficient (Wildman–Crippen LogP) is 3.11. The molecule has 22 heavy (non-hydrogen) atoms. The van der Waals surface area contributed by atoms with Crippen molar-refractivity contribution in [2.75, 3.05) is 6.54 Å². The molecule has 2 atom stereocenters. The number of carbonyl (C=O) groups excluding carboxylic acids is 1. The third-order valence-electron chi connectivity index (χ3n) is 3.50. The Morgan fingerprint density at radius 3 is 2.41 bits per heavy atom. The number of rotatable bonds is 1. The lowest BCUT2D eigenvalue weighted by molar-refractivity contribution is -0.184. The fraction of sp³-hybridized carbons (Fsp3) is 0.462. The van der Waals surface area contributed by atoms with Crippen LogP contribution in [0.1, 0.15) is 23.2 Å². The maximum absolute atomic E-state index is 13.2. The summed E-state index contributed by atoms with van der Waals surface area (Å²) in [4.78, 5) is 12.8. The van der Waals surface area contributed by atoms with Crippen LogP contribution >= 0.6 is 11.6 Å². The van der Waals surface area contributed by atoms with Crippen LogP contribution in [0.4, 0.5) is 22.0 Å². The number of alkyl halides is 3. The number of piperidine rings is 1. The molecule has 0 aromatic heterocycles. The van der Waals surface area contributed by atoms with Crippen molar-refractivity contribution in [2.45, 2.75) is 31.1 Å². The van der Waals surface area contributed by atoms with Crippen molar-refractivity contribution in [1.29, 1.82) is 0 Å². The van der Waals surface area contributed by atoms with Crippen LogP contribution in [0.5, 0.6) is 0 Å². The van der Waals surface area contributed by atoms with E-state index < -0.39 is 46.4 Å². The summed E-state index contributed by atoms with van der Waals surface area (Å²) in [6.07, 6.45) is -4.88. The van der Waals surface area contributed by atoms with Gasteiger partial charge in [0, 0.05) is 12.6 Å². The molecule has 1 aromatic rings. The van der Waals surface area contributed by atoms with Crippen LogP contribution in [0.2, 0.25) is 5.02 Å². The second-order valence-corrected chi connectivity index (χ2v) is 5.51. The van der Waals surface area contributed by atoms with Crippen molar-refractivity contribution in [2.24, 2.45) is 5.73 Å². The minimum absolute atomic E-state index is 0.111. The minimum Gasteiger partial charge on any atom is -0.326 e. The number of nitrogens with two attached hydrogens (primary N) is 1. The number of halogens is 6. The molecule has 1 amide bonds.